The number of nitrogens with one attached hydrogen (secondary N) is 2. The summed E-state index contributed by atoms with van der Waals surface area (Å²) in [5.41, 5.74) is 6.49. The smallest absolute Gasteiger partial charge is 0.242 e. The van der Waals surface area contributed by atoms with E-state index in [1.165, 1.54) is 0 Å². The molecule has 0 unspecified atom stereocenters. The molecule has 6 heteroatoms. The molecule has 2 N–H and O–H groups in total. The lowest BCUT2D eigenvalue weighted by molar-refractivity contribution is -0.128. The number of hydrazine groups is 1. The maximum absolute atomic E-state index is 11.7. The summed E-state index contributed by atoms with van der Waals surface area (Å²) in [6.45, 7) is 0. The summed E-state index contributed by atoms with van der Waals surface area (Å²) < 4.78 is 0.952. The highest BCUT2D eigenvalue weighted by Gasteiger charge is 2.07. The maximum atomic E-state index is 11.7. The molecule has 22 heavy (non-hydrogen) atoms. The highest BCUT2D eigenvalue weighted by atomic mass is 79.9. The predicted molar refractivity (Wildman–Crippen MR) is 89.3 cm³/mol. The van der Waals surface area contributed by atoms with Gasteiger partial charge in [0.25, 0.3) is 0 Å². The number of rotatable bonds is 4. The number of benzene rings is 2. The lowest BCUT2D eigenvalue weighted by atomic mass is 10.1. The fraction of sp³-hybridized carbons (Fsp3) is 0.125. The molecule has 0 aliphatic carbocycles. The summed E-state index contributed by atoms with van der Waals surface area (Å²) in [4.78, 5) is 23.5. The van der Waals surface area contributed by atoms with Crippen LogP contribution < -0.4 is 10.9 Å². The van der Waals surface area contributed by atoms with Gasteiger partial charge < -0.3 is 0 Å². The van der Waals surface area contributed by atoms with Crippen molar-refractivity contribution in [1.82, 2.24) is 10.9 Å². The maximum Gasteiger partial charge on any atom is 0.242 e. The summed E-state index contributed by atoms with van der Waals surface area (Å²) in [5, 5.41) is 0.618. The quantitative estimate of drug-likeness (QED) is 0.800. The summed E-state index contributed by atoms with van der Waals surface area (Å²) in [6.07, 6.45) is 0.379. The van der Waals surface area contributed by atoms with Gasteiger partial charge in [-0.1, -0.05) is 51.8 Å². The second-order valence-electron chi connectivity index (χ2n) is 4.70. The van der Waals surface area contributed by atoms with Crippen molar-refractivity contribution in [2.75, 3.05) is 0 Å². The van der Waals surface area contributed by atoms with E-state index in [1.54, 1.807) is 24.3 Å². The second-order valence-corrected chi connectivity index (χ2v) is 6.05. The van der Waals surface area contributed by atoms with E-state index < -0.39 is 0 Å². The summed E-state index contributed by atoms with van der Waals surface area (Å²) in [5.74, 6) is -0.557. The van der Waals surface area contributed by atoms with Crippen LogP contribution in [0.3, 0.4) is 0 Å². The molecule has 0 saturated heterocycles. The largest absolute Gasteiger partial charge is 0.273 e. The Morgan fingerprint density at radius 3 is 1.68 bits per heavy atom. The Morgan fingerprint density at radius 1 is 0.818 bits per heavy atom. The second kappa shape index (κ2) is 7.96. The van der Waals surface area contributed by atoms with Crippen molar-refractivity contribution < 1.29 is 9.59 Å². The molecule has 114 valence electrons. The predicted octanol–water partition coefficient (Wildman–Crippen LogP) is 3.04. The molecule has 2 aromatic rings. The van der Waals surface area contributed by atoms with Crippen molar-refractivity contribution in [2.24, 2.45) is 0 Å². The van der Waals surface area contributed by atoms with Gasteiger partial charge in [-0.2, -0.15) is 0 Å². The minimum absolute atomic E-state index is 0.176. The summed E-state index contributed by atoms with van der Waals surface area (Å²) in [6, 6.07) is 14.4. The average molecular weight is 382 g/mol. The average Bonchev–Trinajstić information content (AvgIpc) is 2.50. The van der Waals surface area contributed by atoms with Gasteiger partial charge in [-0.3, -0.25) is 20.4 Å². The third kappa shape index (κ3) is 5.50. The van der Waals surface area contributed by atoms with E-state index in [9.17, 15) is 9.59 Å². The SMILES string of the molecule is O=C(Cc1ccc(Cl)cc1)NNC(=O)Cc1ccc(Br)cc1. The van der Waals surface area contributed by atoms with Crippen LogP contribution in [0.4, 0.5) is 0 Å². The molecule has 0 aliphatic heterocycles. The Kier molecular flexibility index (Phi) is 5.98. The van der Waals surface area contributed by atoms with Crippen molar-refractivity contribution in [3.63, 3.8) is 0 Å². The topological polar surface area (TPSA) is 58.2 Å². The zero-order valence-electron chi connectivity index (χ0n) is 11.6. The lowest BCUT2D eigenvalue weighted by Crippen LogP contribution is -2.43. The standard InChI is InChI=1S/C16H14BrClN2O2/c17-13-5-1-11(2-6-13)9-15(21)19-20-16(22)10-12-3-7-14(18)8-4-12/h1-8H,9-10H2,(H,19,21)(H,20,22). The van der Waals surface area contributed by atoms with Gasteiger partial charge in [0.2, 0.25) is 11.8 Å². The van der Waals surface area contributed by atoms with Crippen molar-refractivity contribution in [3.05, 3.63) is 69.2 Å². The molecule has 4 nitrogen and oxygen atoms in total. The van der Waals surface area contributed by atoms with Gasteiger partial charge in [-0.25, -0.2) is 0 Å². The van der Waals surface area contributed by atoms with E-state index in [-0.39, 0.29) is 24.7 Å². The van der Waals surface area contributed by atoms with Gasteiger partial charge >= 0.3 is 0 Å². The Labute approximate surface area is 142 Å². The first kappa shape index (κ1) is 16.5. The van der Waals surface area contributed by atoms with Crippen LogP contribution in [-0.4, -0.2) is 11.8 Å². The minimum Gasteiger partial charge on any atom is -0.273 e. The molecular formula is C16H14BrClN2O2. The van der Waals surface area contributed by atoms with Gasteiger partial charge in [-0.05, 0) is 35.4 Å². The first-order chi connectivity index (χ1) is 10.5. The molecule has 2 amide bonds. The highest BCUT2D eigenvalue weighted by molar-refractivity contribution is 9.10. The van der Waals surface area contributed by atoms with Crippen LogP contribution in [-0.2, 0) is 22.4 Å². The Bertz CT molecular complexity index is 597. The third-order valence-corrected chi connectivity index (χ3v) is 3.68. The number of carbonyl (C=O) groups excluding carboxylic acids is 2. The van der Waals surface area contributed by atoms with Crippen LogP contribution in [0.1, 0.15) is 11.1 Å². The van der Waals surface area contributed by atoms with Crippen LogP contribution in [0.25, 0.3) is 0 Å². The van der Waals surface area contributed by atoms with E-state index in [1.807, 2.05) is 24.3 Å². The van der Waals surface area contributed by atoms with E-state index >= 15 is 0 Å². The van der Waals surface area contributed by atoms with Crippen molar-refractivity contribution in [2.45, 2.75) is 12.8 Å². The highest BCUT2D eigenvalue weighted by Crippen LogP contribution is 2.11. The molecule has 0 bridgehead atoms. The number of amides is 2. The molecule has 2 rings (SSSR count). The fourth-order valence-corrected chi connectivity index (χ4v) is 2.19. The summed E-state index contributed by atoms with van der Waals surface area (Å²) >= 11 is 9.11. The monoisotopic (exact) mass is 380 g/mol. The zero-order valence-corrected chi connectivity index (χ0v) is 13.9. The molecule has 0 aliphatic rings. The van der Waals surface area contributed by atoms with E-state index in [4.69, 9.17) is 11.6 Å². The first-order valence-electron chi connectivity index (χ1n) is 6.59. The number of hydrogen-bond donors (Lipinski definition) is 2. The van der Waals surface area contributed by atoms with Crippen LogP contribution in [0, 0.1) is 0 Å². The van der Waals surface area contributed by atoms with Gasteiger partial charge in [-0.15, -0.1) is 0 Å². The molecule has 0 radical (unpaired) electrons. The molecule has 0 heterocycles. The number of carbonyl (C=O) groups is 2. The Morgan fingerprint density at radius 2 is 1.23 bits per heavy atom. The van der Waals surface area contributed by atoms with E-state index in [0.29, 0.717) is 5.02 Å². The summed E-state index contributed by atoms with van der Waals surface area (Å²) in [7, 11) is 0. The van der Waals surface area contributed by atoms with Crippen LogP contribution in [0.5, 0.6) is 0 Å². The molecular weight excluding hydrogens is 368 g/mol. The minimum atomic E-state index is -0.286. The molecule has 0 atom stereocenters. The van der Waals surface area contributed by atoms with Crippen LogP contribution in [0.2, 0.25) is 5.02 Å². The fourth-order valence-electron chi connectivity index (χ4n) is 1.80. The number of hydrogen-bond acceptors (Lipinski definition) is 2. The van der Waals surface area contributed by atoms with Gasteiger partial charge in [0.1, 0.15) is 0 Å². The van der Waals surface area contributed by atoms with Gasteiger partial charge in [0, 0.05) is 9.50 Å². The molecule has 0 aromatic heterocycles. The van der Waals surface area contributed by atoms with Crippen molar-refractivity contribution in [1.29, 1.82) is 0 Å². The third-order valence-electron chi connectivity index (χ3n) is 2.90. The van der Waals surface area contributed by atoms with Crippen molar-refractivity contribution in [3.8, 4) is 0 Å². The Hall–Kier alpha value is -1.85. The Balaban J connectivity index is 1.76. The lowest BCUT2D eigenvalue weighted by Gasteiger charge is -2.08. The van der Waals surface area contributed by atoms with Gasteiger partial charge in [0.05, 0.1) is 12.8 Å². The van der Waals surface area contributed by atoms with Gasteiger partial charge in [0.15, 0.2) is 0 Å². The molecule has 0 saturated carbocycles. The van der Waals surface area contributed by atoms with E-state index in [0.717, 1.165) is 15.6 Å². The molecule has 0 fully saturated rings. The molecule has 0 spiro atoms. The van der Waals surface area contributed by atoms with E-state index in [2.05, 4.69) is 26.8 Å². The number of halogens is 2. The zero-order chi connectivity index (χ0) is 15.9. The van der Waals surface area contributed by atoms with Crippen LogP contribution in [0.15, 0.2) is 53.0 Å². The van der Waals surface area contributed by atoms with Crippen molar-refractivity contribution >= 4 is 39.3 Å². The normalized spacial score (nSPS) is 10.1. The molecule has 2 aromatic carbocycles. The van der Waals surface area contributed by atoms with Crippen LogP contribution >= 0.6 is 27.5 Å². The first-order valence-corrected chi connectivity index (χ1v) is 7.76.